The van der Waals surface area contributed by atoms with Gasteiger partial charge in [0.25, 0.3) is 0 Å². The zero-order chi connectivity index (χ0) is 17.4. The summed E-state index contributed by atoms with van der Waals surface area (Å²) in [6, 6.07) is 22.2. The van der Waals surface area contributed by atoms with E-state index < -0.39 is 0 Å². The third-order valence-corrected chi connectivity index (χ3v) is 4.89. The number of hydrogen-bond acceptors (Lipinski definition) is 1. The fourth-order valence-electron chi connectivity index (χ4n) is 2.98. The molecule has 0 amide bonds. The van der Waals surface area contributed by atoms with Gasteiger partial charge in [-0.3, -0.25) is 0 Å². The predicted octanol–water partition coefficient (Wildman–Crippen LogP) is 6.37. The Bertz CT molecular complexity index is 1050. The number of rotatable bonds is 3. The molecule has 0 bridgehead atoms. The summed E-state index contributed by atoms with van der Waals surface area (Å²) in [5.41, 5.74) is 5.40. The monoisotopic (exact) mass is 366 g/mol. The first-order valence-corrected chi connectivity index (χ1v) is 8.83. The molecule has 1 aromatic heterocycles. The molecule has 2 nitrogen and oxygen atoms in total. The summed E-state index contributed by atoms with van der Waals surface area (Å²) in [4.78, 5) is 4.85. The van der Waals surface area contributed by atoms with Gasteiger partial charge in [0.05, 0.1) is 17.6 Å². The Morgan fingerprint density at radius 3 is 2.44 bits per heavy atom. The van der Waals surface area contributed by atoms with Crippen LogP contribution in [-0.2, 0) is 6.54 Å². The van der Waals surface area contributed by atoms with Gasteiger partial charge in [0.15, 0.2) is 0 Å². The van der Waals surface area contributed by atoms with Crippen LogP contribution in [0.4, 0.5) is 0 Å². The minimum absolute atomic E-state index is 0.639. The van der Waals surface area contributed by atoms with E-state index in [1.807, 2.05) is 30.3 Å². The Kier molecular flexibility index (Phi) is 4.24. The zero-order valence-electron chi connectivity index (χ0n) is 13.7. The van der Waals surface area contributed by atoms with E-state index in [1.165, 1.54) is 5.56 Å². The van der Waals surface area contributed by atoms with E-state index in [4.69, 9.17) is 28.2 Å². The van der Waals surface area contributed by atoms with Crippen molar-refractivity contribution < 1.29 is 0 Å². The number of para-hydroxylation sites is 2. The van der Waals surface area contributed by atoms with E-state index in [9.17, 15) is 0 Å². The highest BCUT2D eigenvalue weighted by atomic mass is 35.5. The van der Waals surface area contributed by atoms with E-state index in [1.54, 1.807) is 6.07 Å². The summed E-state index contributed by atoms with van der Waals surface area (Å²) in [7, 11) is 0. The van der Waals surface area contributed by atoms with Gasteiger partial charge >= 0.3 is 0 Å². The smallest absolute Gasteiger partial charge is 0.141 e. The fourth-order valence-corrected chi connectivity index (χ4v) is 3.45. The average Bonchev–Trinajstić information content (AvgIpc) is 2.97. The van der Waals surface area contributed by atoms with Crippen molar-refractivity contribution in [1.82, 2.24) is 9.55 Å². The van der Waals surface area contributed by atoms with Crippen molar-refractivity contribution in [1.29, 1.82) is 0 Å². The van der Waals surface area contributed by atoms with Crippen LogP contribution >= 0.6 is 23.2 Å². The standard InChI is InChI=1S/C21H16Cl2N2/c1-14-6-8-15(9-7-14)21-24-19-4-2-3-5-20(19)25(21)13-16-10-11-17(22)12-18(16)23/h2-12H,13H2,1H3. The first-order valence-electron chi connectivity index (χ1n) is 8.08. The molecule has 4 rings (SSSR count). The molecule has 3 aromatic carbocycles. The molecule has 0 aliphatic heterocycles. The second-order valence-electron chi connectivity index (χ2n) is 6.11. The Morgan fingerprint density at radius 2 is 1.68 bits per heavy atom. The summed E-state index contributed by atoms with van der Waals surface area (Å²) < 4.78 is 2.20. The van der Waals surface area contributed by atoms with Crippen LogP contribution in [0.5, 0.6) is 0 Å². The lowest BCUT2D eigenvalue weighted by atomic mass is 10.1. The molecule has 124 valence electrons. The van der Waals surface area contributed by atoms with Crippen molar-refractivity contribution in [3.8, 4) is 11.4 Å². The van der Waals surface area contributed by atoms with Crippen LogP contribution in [0.3, 0.4) is 0 Å². The number of benzene rings is 3. The molecule has 0 saturated heterocycles. The molecule has 0 unspecified atom stereocenters. The highest BCUT2D eigenvalue weighted by molar-refractivity contribution is 6.35. The summed E-state index contributed by atoms with van der Waals surface area (Å²) in [5.74, 6) is 0.937. The van der Waals surface area contributed by atoms with Crippen LogP contribution in [0.25, 0.3) is 22.4 Å². The molecule has 0 aliphatic rings. The van der Waals surface area contributed by atoms with E-state index in [0.29, 0.717) is 16.6 Å². The Morgan fingerprint density at radius 1 is 0.920 bits per heavy atom. The van der Waals surface area contributed by atoms with Crippen molar-refractivity contribution in [2.45, 2.75) is 13.5 Å². The van der Waals surface area contributed by atoms with Gasteiger partial charge in [-0.1, -0.05) is 71.2 Å². The van der Waals surface area contributed by atoms with Crippen molar-refractivity contribution in [3.63, 3.8) is 0 Å². The van der Waals surface area contributed by atoms with Crippen LogP contribution in [0.15, 0.2) is 66.7 Å². The number of fused-ring (bicyclic) bond motifs is 1. The van der Waals surface area contributed by atoms with Crippen LogP contribution in [0.2, 0.25) is 10.0 Å². The van der Waals surface area contributed by atoms with Crippen molar-refractivity contribution in [2.24, 2.45) is 0 Å². The maximum atomic E-state index is 6.40. The van der Waals surface area contributed by atoms with E-state index in [-0.39, 0.29) is 0 Å². The first kappa shape index (κ1) is 16.2. The van der Waals surface area contributed by atoms with Gasteiger partial charge in [-0.2, -0.15) is 0 Å². The predicted molar refractivity (Wildman–Crippen MR) is 105 cm³/mol. The van der Waals surface area contributed by atoms with Crippen LogP contribution < -0.4 is 0 Å². The highest BCUT2D eigenvalue weighted by Crippen LogP contribution is 2.28. The molecule has 25 heavy (non-hydrogen) atoms. The van der Waals surface area contributed by atoms with Gasteiger partial charge in [0.1, 0.15) is 5.82 Å². The number of hydrogen-bond donors (Lipinski definition) is 0. The summed E-state index contributed by atoms with van der Waals surface area (Å²) >= 11 is 12.4. The molecule has 0 N–H and O–H groups in total. The largest absolute Gasteiger partial charge is 0.319 e. The quantitative estimate of drug-likeness (QED) is 0.412. The van der Waals surface area contributed by atoms with Crippen molar-refractivity contribution >= 4 is 34.2 Å². The molecular weight excluding hydrogens is 351 g/mol. The molecular formula is C21H16Cl2N2. The normalized spacial score (nSPS) is 11.2. The van der Waals surface area contributed by atoms with E-state index >= 15 is 0 Å². The first-order chi connectivity index (χ1) is 12.1. The van der Waals surface area contributed by atoms with E-state index in [2.05, 4.69) is 41.8 Å². The second kappa shape index (κ2) is 6.55. The summed E-state index contributed by atoms with van der Waals surface area (Å²) in [6.07, 6.45) is 0. The summed E-state index contributed by atoms with van der Waals surface area (Å²) in [5, 5.41) is 1.31. The third kappa shape index (κ3) is 3.15. The Hall–Kier alpha value is -2.29. The van der Waals surface area contributed by atoms with Crippen molar-refractivity contribution in [3.05, 3.63) is 87.9 Å². The number of aromatic nitrogens is 2. The number of halogens is 2. The van der Waals surface area contributed by atoms with Gasteiger partial charge in [-0.15, -0.1) is 0 Å². The molecule has 0 fully saturated rings. The van der Waals surface area contributed by atoms with E-state index in [0.717, 1.165) is 28.0 Å². The second-order valence-corrected chi connectivity index (χ2v) is 6.96. The maximum absolute atomic E-state index is 6.40. The highest BCUT2D eigenvalue weighted by Gasteiger charge is 2.14. The lowest BCUT2D eigenvalue weighted by Crippen LogP contribution is -2.03. The van der Waals surface area contributed by atoms with Crippen molar-refractivity contribution in [2.75, 3.05) is 0 Å². The van der Waals surface area contributed by atoms with Gasteiger partial charge in [0.2, 0.25) is 0 Å². The van der Waals surface area contributed by atoms with Gasteiger partial charge in [-0.25, -0.2) is 4.98 Å². The summed E-state index contributed by atoms with van der Waals surface area (Å²) in [6.45, 7) is 2.72. The maximum Gasteiger partial charge on any atom is 0.141 e. The van der Waals surface area contributed by atoms with Crippen LogP contribution in [-0.4, -0.2) is 9.55 Å². The lowest BCUT2D eigenvalue weighted by molar-refractivity contribution is 0.834. The minimum atomic E-state index is 0.639. The minimum Gasteiger partial charge on any atom is -0.319 e. The lowest BCUT2D eigenvalue weighted by Gasteiger charge is -2.11. The third-order valence-electron chi connectivity index (χ3n) is 4.31. The Labute approximate surface area is 156 Å². The molecule has 4 aromatic rings. The van der Waals surface area contributed by atoms with Crippen LogP contribution in [0.1, 0.15) is 11.1 Å². The molecule has 0 aliphatic carbocycles. The Balaban J connectivity index is 1.88. The molecule has 1 heterocycles. The molecule has 4 heteroatoms. The SMILES string of the molecule is Cc1ccc(-c2nc3ccccc3n2Cc2ccc(Cl)cc2Cl)cc1. The molecule has 0 spiro atoms. The average molecular weight is 367 g/mol. The fraction of sp³-hybridized carbons (Fsp3) is 0.0952. The van der Waals surface area contributed by atoms with Gasteiger partial charge < -0.3 is 4.57 Å². The number of imidazole rings is 1. The number of nitrogens with zero attached hydrogens (tertiary/aromatic N) is 2. The van der Waals surface area contributed by atoms with Gasteiger partial charge in [-0.05, 0) is 36.8 Å². The van der Waals surface area contributed by atoms with Gasteiger partial charge in [0, 0.05) is 15.6 Å². The topological polar surface area (TPSA) is 17.8 Å². The molecule has 0 radical (unpaired) electrons. The zero-order valence-corrected chi connectivity index (χ0v) is 15.2. The number of aryl methyl sites for hydroxylation is 1. The van der Waals surface area contributed by atoms with Crippen LogP contribution in [0, 0.1) is 6.92 Å². The molecule has 0 saturated carbocycles. The molecule has 0 atom stereocenters.